The molecule has 1 aromatic carbocycles. The molecule has 2 rings (SSSR count). The normalized spacial score (nSPS) is 10.8. The maximum atomic E-state index is 12.7. The predicted molar refractivity (Wildman–Crippen MR) is 102 cm³/mol. The van der Waals surface area contributed by atoms with E-state index in [0.717, 1.165) is 11.1 Å². The lowest BCUT2D eigenvalue weighted by atomic mass is 9.96. The Kier molecular flexibility index (Phi) is 5.41. The summed E-state index contributed by atoms with van der Waals surface area (Å²) in [6.07, 6.45) is 4.65. The molecule has 2 N–H and O–H groups in total. The molecule has 0 bridgehead atoms. The highest BCUT2D eigenvalue weighted by molar-refractivity contribution is 5.90. The summed E-state index contributed by atoms with van der Waals surface area (Å²) < 4.78 is 5.81. The molecule has 0 aliphatic rings. The van der Waals surface area contributed by atoms with Gasteiger partial charge in [0.1, 0.15) is 28.2 Å². The molecule has 0 spiro atoms. The largest absolute Gasteiger partial charge is 0.507 e. The smallest absolute Gasteiger partial charge is 0.199 e. The Hall–Kier alpha value is -2.49. The van der Waals surface area contributed by atoms with Crippen molar-refractivity contribution in [1.82, 2.24) is 0 Å². The molecule has 0 fully saturated rings. The summed E-state index contributed by atoms with van der Waals surface area (Å²) in [5.74, 6) is 0.293. The van der Waals surface area contributed by atoms with Crippen LogP contribution in [0.15, 0.2) is 32.5 Å². The van der Waals surface area contributed by atoms with E-state index in [2.05, 4.69) is 0 Å². The zero-order valence-corrected chi connectivity index (χ0v) is 15.8. The second-order valence-corrected chi connectivity index (χ2v) is 6.94. The average molecular weight is 342 g/mol. The van der Waals surface area contributed by atoms with Crippen LogP contribution in [0, 0.1) is 13.8 Å². The van der Waals surface area contributed by atoms with Gasteiger partial charge in [-0.25, -0.2) is 0 Å². The Morgan fingerprint density at radius 3 is 1.96 bits per heavy atom. The third-order valence-electron chi connectivity index (χ3n) is 4.38. The van der Waals surface area contributed by atoms with Crippen LogP contribution in [0.2, 0.25) is 0 Å². The average Bonchev–Trinajstić information content (AvgIpc) is 2.51. The number of phenolic OH excluding ortho intramolecular Hbond substituents is 2. The Balaban J connectivity index is 2.93. The second-order valence-electron chi connectivity index (χ2n) is 6.94. The SMILES string of the molecule is CC(C)=CCc1c(O)c(CC=C(C)C)c2oc(C)c(C)c(=O)c2c1O. The van der Waals surface area contributed by atoms with Crippen molar-refractivity contribution in [3.05, 3.63) is 56.0 Å². The predicted octanol–water partition coefficient (Wildman–Crippen LogP) is 4.84. The van der Waals surface area contributed by atoms with Crippen molar-refractivity contribution in [2.45, 2.75) is 54.4 Å². The molecule has 4 nitrogen and oxygen atoms in total. The molecule has 0 atom stereocenters. The van der Waals surface area contributed by atoms with Crippen molar-refractivity contribution < 1.29 is 14.6 Å². The first-order chi connectivity index (χ1) is 11.6. The Bertz CT molecular complexity index is 935. The van der Waals surface area contributed by atoms with Gasteiger partial charge in [-0.2, -0.15) is 0 Å². The van der Waals surface area contributed by atoms with Gasteiger partial charge in [-0.15, -0.1) is 0 Å². The minimum atomic E-state index is -0.256. The number of aromatic hydroxyl groups is 2. The molecule has 0 unspecified atom stereocenters. The molecule has 0 amide bonds. The number of allylic oxidation sites excluding steroid dienone is 4. The van der Waals surface area contributed by atoms with Crippen molar-refractivity contribution in [1.29, 1.82) is 0 Å². The first kappa shape index (κ1) is 18.8. The van der Waals surface area contributed by atoms with Crippen LogP contribution in [0.5, 0.6) is 11.5 Å². The Labute approximate surface area is 148 Å². The van der Waals surface area contributed by atoms with Gasteiger partial charge in [0.05, 0.1) is 0 Å². The first-order valence-corrected chi connectivity index (χ1v) is 8.41. The molecule has 1 aromatic heterocycles. The van der Waals surface area contributed by atoms with Gasteiger partial charge in [-0.1, -0.05) is 23.3 Å². The van der Waals surface area contributed by atoms with Crippen molar-refractivity contribution >= 4 is 11.0 Å². The number of aryl methyl sites for hydroxylation is 1. The minimum absolute atomic E-state index is 0.00796. The molecule has 0 aliphatic heterocycles. The first-order valence-electron chi connectivity index (χ1n) is 8.41. The molecular weight excluding hydrogens is 316 g/mol. The minimum Gasteiger partial charge on any atom is -0.507 e. The highest BCUT2D eigenvalue weighted by Gasteiger charge is 2.23. The molecule has 1 heterocycles. The number of phenols is 2. The van der Waals surface area contributed by atoms with Gasteiger partial charge in [0.15, 0.2) is 5.43 Å². The summed E-state index contributed by atoms with van der Waals surface area (Å²) in [5, 5.41) is 21.6. The maximum absolute atomic E-state index is 12.7. The van der Waals surface area contributed by atoms with E-state index in [1.807, 2.05) is 39.8 Å². The quantitative estimate of drug-likeness (QED) is 0.780. The highest BCUT2D eigenvalue weighted by Crippen LogP contribution is 2.40. The summed E-state index contributed by atoms with van der Waals surface area (Å²) >= 11 is 0. The molecule has 4 heteroatoms. The highest BCUT2D eigenvalue weighted by atomic mass is 16.3. The standard InChI is InChI=1S/C21H26O4/c1-11(2)7-9-15-19(23)16(10-8-12(3)4)21-17(20(15)24)18(22)13(5)14(6)25-21/h7-8,23-24H,9-10H2,1-6H3. The van der Waals surface area contributed by atoms with E-state index in [-0.39, 0.29) is 27.9 Å². The fourth-order valence-electron chi connectivity index (χ4n) is 2.71. The van der Waals surface area contributed by atoms with E-state index in [9.17, 15) is 15.0 Å². The Morgan fingerprint density at radius 1 is 0.920 bits per heavy atom. The summed E-state index contributed by atoms with van der Waals surface area (Å²) in [7, 11) is 0. The number of fused-ring (bicyclic) bond motifs is 1. The number of rotatable bonds is 4. The molecular formula is C21H26O4. The van der Waals surface area contributed by atoms with Gasteiger partial charge >= 0.3 is 0 Å². The summed E-state index contributed by atoms with van der Waals surface area (Å²) in [4.78, 5) is 12.7. The van der Waals surface area contributed by atoms with Gasteiger partial charge in [0.2, 0.25) is 0 Å². The van der Waals surface area contributed by atoms with E-state index in [4.69, 9.17) is 4.42 Å². The zero-order valence-electron chi connectivity index (χ0n) is 15.8. The summed E-state index contributed by atoms with van der Waals surface area (Å²) in [6, 6.07) is 0. The van der Waals surface area contributed by atoms with Crippen LogP contribution in [0.1, 0.15) is 50.1 Å². The monoisotopic (exact) mass is 342 g/mol. The van der Waals surface area contributed by atoms with Crippen LogP contribution in [0.3, 0.4) is 0 Å². The molecule has 134 valence electrons. The van der Waals surface area contributed by atoms with Gasteiger partial charge in [-0.3, -0.25) is 4.79 Å². The van der Waals surface area contributed by atoms with Crippen LogP contribution < -0.4 is 5.43 Å². The van der Waals surface area contributed by atoms with E-state index < -0.39 is 0 Å². The fourth-order valence-corrected chi connectivity index (χ4v) is 2.71. The van der Waals surface area contributed by atoms with Crippen LogP contribution >= 0.6 is 0 Å². The van der Waals surface area contributed by atoms with Crippen molar-refractivity contribution in [3.8, 4) is 11.5 Å². The van der Waals surface area contributed by atoms with Crippen molar-refractivity contribution in [2.24, 2.45) is 0 Å². The molecule has 25 heavy (non-hydrogen) atoms. The van der Waals surface area contributed by atoms with Crippen LogP contribution in [-0.2, 0) is 12.8 Å². The van der Waals surface area contributed by atoms with Crippen LogP contribution in [-0.4, -0.2) is 10.2 Å². The van der Waals surface area contributed by atoms with Crippen LogP contribution in [0.25, 0.3) is 11.0 Å². The lowest BCUT2D eigenvalue weighted by molar-refractivity contribution is 0.437. The van der Waals surface area contributed by atoms with Gasteiger partial charge in [-0.05, 0) is 54.4 Å². The van der Waals surface area contributed by atoms with Gasteiger partial charge in [0, 0.05) is 16.7 Å². The lowest BCUT2D eigenvalue weighted by Crippen LogP contribution is -2.10. The maximum Gasteiger partial charge on any atom is 0.199 e. The van der Waals surface area contributed by atoms with Gasteiger partial charge < -0.3 is 14.6 Å². The van der Waals surface area contributed by atoms with E-state index >= 15 is 0 Å². The molecule has 2 aromatic rings. The summed E-state index contributed by atoms with van der Waals surface area (Å²) in [5.41, 5.74) is 3.53. The van der Waals surface area contributed by atoms with E-state index in [1.54, 1.807) is 13.8 Å². The van der Waals surface area contributed by atoms with Crippen molar-refractivity contribution in [3.63, 3.8) is 0 Å². The van der Waals surface area contributed by atoms with Gasteiger partial charge in [0.25, 0.3) is 0 Å². The summed E-state index contributed by atoms with van der Waals surface area (Å²) in [6.45, 7) is 11.2. The molecule has 0 saturated carbocycles. The fraction of sp³-hybridized carbons (Fsp3) is 0.381. The third-order valence-corrected chi connectivity index (χ3v) is 4.38. The number of benzene rings is 1. The molecule has 0 radical (unpaired) electrons. The zero-order chi connectivity index (χ0) is 18.9. The van der Waals surface area contributed by atoms with E-state index in [0.29, 0.717) is 35.3 Å². The second kappa shape index (κ2) is 7.18. The topological polar surface area (TPSA) is 70.7 Å². The van der Waals surface area contributed by atoms with Crippen LogP contribution in [0.4, 0.5) is 0 Å². The molecule has 0 saturated heterocycles. The Morgan fingerprint density at radius 2 is 1.44 bits per heavy atom. The molecule has 0 aliphatic carbocycles. The number of hydrogen-bond acceptors (Lipinski definition) is 4. The van der Waals surface area contributed by atoms with Crippen molar-refractivity contribution in [2.75, 3.05) is 0 Å². The number of hydrogen-bond donors (Lipinski definition) is 2. The lowest BCUT2D eigenvalue weighted by Gasteiger charge is -2.15. The third kappa shape index (κ3) is 3.63. The van der Waals surface area contributed by atoms with E-state index in [1.165, 1.54) is 0 Å².